The van der Waals surface area contributed by atoms with E-state index in [2.05, 4.69) is 25.7 Å². The van der Waals surface area contributed by atoms with E-state index in [1.807, 2.05) is 19.3 Å². The SMILES string of the molecule is CCCCCCC(CCCC)COC(=O)/C(C#N)=C\C=C\N(C)CCCC. The van der Waals surface area contributed by atoms with Gasteiger partial charge in [0, 0.05) is 13.6 Å². The minimum Gasteiger partial charge on any atom is -0.461 e. The van der Waals surface area contributed by atoms with Gasteiger partial charge in [-0.1, -0.05) is 65.7 Å². The number of nitrogens with zero attached hydrogens (tertiary/aromatic N) is 2. The second kappa shape index (κ2) is 17.6. The minimum atomic E-state index is -0.506. The number of unbranched alkanes of at least 4 members (excludes halogenated alkanes) is 5. The lowest BCUT2D eigenvalue weighted by molar-refractivity contribution is -0.140. The van der Waals surface area contributed by atoms with Crippen molar-refractivity contribution in [3.8, 4) is 6.07 Å². The smallest absolute Gasteiger partial charge is 0.348 e. The number of esters is 1. The largest absolute Gasteiger partial charge is 0.461 e. The van der Waals surface area contributed by atoms with Crippen LogP contribution in [0.4, 0.5) is 0 Å². The van der Waals surface area contributed by atoms with Gasteiger partial charge < -0.3 is 9.64 Å². The van der Waals surface area contributed by atoms with Gasteiger partial charge in [0.05, 0.1) is 6.61 Å². The highest BCUT2D eigenvalue weighted by molar-refractivity contribution is 5.93. The Bertz CT molecular complexity index is 477. The second-order valence-corrected chi connectivity index (χ2v) is 7.32. The second-order valence-electron chi connectivity index (χ2n) is 7.32. The Hall–Kier alpha value is -1.76. The summed E-state index contributed by atoms with van der Waals surface area (Å²) >= 11 is 0. The Morgan fingerprint density at radius 3 is 2.33 bits per heavy atom. The standard InChI is InChI=1S/C23H40N2O2/c1-5-8-11-12-15-21(14-9-6-2)20-27-23(26)22(19-24)16-13-18-25(4)17-10-7-3/h13,16,18,21H,5-12,14-15,17,20H2,1-4H3/b18-13+,22-16-. The lowest BCUT2D eigenvalue weighted by Gasteiger charge is -2.16. The molecule has 0 aliphatic rings. The Kier molecular flexibility index (Phi) is 16.5. The van der Waals surface area contributed by atoms with E-state index in [0.717, 1.165) is 45.1 Å². The molecular formula is C23H40N2O2. The van der Waals surface area contributed by atoms with E-state index in [4.69, 9.17) is 4.74 Å². The molecule has 0 aliphatic carbocycles. The monoisotopic (exact) mass is 376 g/mol. The fourth-order valence-electron chi connectivity index (χ4n) is 2.85. The van der Waals surface area contributed by atoms with Gasteiger partial charge in [0.15, 0.2) is 0 Å². The molecule has 0 heterocycles. The highest BCUT2D eigenvalue weighted by Crippen LogP contribution is 2.18. The molecule has 0 saturated heterocycles. The zero-order valence-electron chi connectivity index (χ0n) is 18.0. The Labute approximate surface area is 167 Å². The summed E-state index contributed by atoms with van der Waals surface area (Å²) in [5.41, 5.74) is 0.0652. The third-order valence-corrected chi connectivity index (χ3v) is 4.69. The molecule has 0 aromatic rings. The molecule has 1 unspecified atom stereocenters. The molecule has 0 saturated carbocycles. The van der Waals surface area contributed by atoms with E-state index in [-0.39, 0.29) is 5.57 Å². The third kappa shape index (κ3) is 14.0. The van der Waals surface area contributed by atoms with Gasteiger partial charge in [0.1, 0.15) is 11.6 Å². The first-order chi connectivity index (χ1) is 13.1. The molecule has 154 valence electrons. The van der Waals surface area contributed by atoms with Crippen LogP contribution in [0.2, 0.25) is 0 Å². The van der Waals surface area contributed by atoms with Gasteiger partial charge in [0.2, 0.25) is 0 Å². The summed E-state index contributed by atoms with van der Waals surface area (Å²) in [6, 6.07) is 1.96. The maximum atomic E-state index is 12.2. The Morgan fingerprint density at radius 1 is 1.04 bits per heavy atom. The van der Waals surface area contributed by atoms with Crippen LogP contribution in [0.3, 0.4) is 0 Å². The Morgan fingerprint density at radius 2 is 1.70 bits per heavy atom. The zero-order valence-corrected chi connectivity index (χ0v) is 18.0. The van der Waals surface area contributed by atoms with E-state index in [9.17, 15) is 10.1 Å². The van der Waals surface area contributed by atoms with Crippen molar-refractivity contribution in [2.45, 2.75) is 85.0 Å². The van der Waals surface area contributed by atoms with E-state index >= 15 is 0 Å². The van der Waals surface area contributed by atoms with Gasteiger partial charge in [-0.25, -0.2) is 4.79 Å². The van der Waals surface area contributed by atoms with E-state index < -0.39 is 5.97 Å². The van der Waals surface area contributed by atoms with Gasteiger partial charge in [-0.2, -0.15) is 5.26 Å². The normalized spacial score (nSPS) is 12.8. The Balaban J connectivity index is 4.52. The fraction of sp³-hybridized carbons (Fsp3) is 0.739. The van der Waals surface area contributed by atoms with Crippen LogP contribution in [0.25, 0.3) is 0 Å². The summed E-state index contributed by atoms with van der Waals surface area (Å²) in [4.78, 5) is 14.3. The zero-order chi connectivity index (χ0) is 20.3. The molecule has 0 fully saturated rings. The molecule has 0 bridgehead atoms. The third-order valence-electron chi connectivity index (χ3n) is 4.69. The van der Waals surface area contributed by atoms with E-state index in [1.165, 1.54) is 25.7 Å². The first-order valence-corrected chi connectivity index (χ1v) is 10.7. The van der Waals surface area contributed by atoms with Crippen molar-refractivity contribution < 1.29 is 9.53 Å². The molecule has 0 aromatic carbocycles. The summed E-state index contributed by atoms with van der Waals surface area (Å²) < 4.78 is 5.46. The van der Waals surface area contributed by atoms with Crippen molar-refractivity contribution in [3.63, 3.8) is 0 Å². The van der Waals surface area contributed by atoms with Crippen molar-refractivity contribution in [1.82, 2.24) is 4.90 Å². The lowest BCUT2D eigenvalue weighted by Crippen LogP contribution is -2.15. The number of nitriles is 1. The van der Waals surface area contributed by atoms with Crippen LogP contribution in [-0.4, -0.2) is 31.1 Å². The molecule has 27 heavy (non-hydrogen) atoms. The number of carbonyl (C=O) groups is 1. The molecule has 4 nitrogen and oxygen atoms in total. The minimum absolute atomic E-state index is 0.0652. The van der Waals surface area contributed by atoms with Crippen molar-refractivity contribution in [1.29, 1.82) is 5.26 Å². The van der Waals surface area contributed by atoms with Crippen molar-refractivity contribution in [3.05, 3.63) is 23.9 Å². The van der Waals surface area contributed by atoms with Crippen LogP contribution in [0.5, 0.6) is 0 Å². The topological polar surface area (TPSA) is 53.3 Å². The predicted octanol–water partition coefficient (Wildman–Crippen LogP) is 6.00. The summed E-state index contributed by atoms with van der Waals surface area (Å²) in [5.74, 6) is -0.102. The number of allylic oxidation sites excluding steroid dienone is 2. The average Bonchev–Trinajstić information content (AvgIpc) is 2.68. The summed E-state index contributed by atoms with van der Waals surface area (Å²) in [6.07, 6.45) is 16.9. The van der Waals surface area contributed by atoms with Crippen molar-refractivity contribution in [2.75, 3.05) is 20.2 Å². The first kappa shape index (κ1) is 25.2. The molecule has 0 amide bonds. The van der Waals surface area contributed by atoms with Crippen molar-refractivity contribution in [2.24, 2.45) is 5.92 Å². The maximum absolute atomic E-state index is 12.2. The van der Waals surface area contributed by atoms with Gasteiger partial charge in [0.25, 0.3) is 0 Å². The van der Waals surface area contributed by atoms with E-state index in [0.29, 0.717) is 12.5 Å². The van der Waals surface area contributed by atoms with Crippen LogP contribution < -0.4 is 0 Å². The molecule has 4 heteroatoms. The first-order valence-electron chi connectivity index (χ1n) is 10.7. The van der Waals surface area contributed by atoms with Gasteiger partial charge in [-0.3, -0.25) is 0 Å². The number of hydrogen-bond donors (Lipinski definition) is 0. The fourth-order valence-corrected chi connectivity index (χ4v) is 2.85. The average molecular weight is 377 g/mol. The van der Waals surface area contributed by atoms with Crippen LogP contribution >= 0.6 is 0 Å². The van der Waals surface area contributed by atoms with E-state index in [1.54, 1.807) is 12.2 Å². The number of hydrogen-bond acceptors (Lipinski definition) is 4. The number of ether oxygens (including phenoxy) is 1. The summed E-state index contributed by atoms with van der Waals surface area (Å²) in [5, 5.41) is 9.24. The molecule has 0 aliphatic heterocycles. The molecular weight excluding hydrogens is 336 g/mol. The van der Waals surface area contributed by atoms with Gasteiger partial charge in [-0.15, -0.1) is 0 Å². The highest BCUT2D eigenvalue weighted by Gasteiger charge is 2.14. The van der Waals surface area contributed by atoms with Crippen LogP contribution in [0, 0.1) is 17.2 Å². The summed E-state index contributed by atoms with van der Waals surface area (Å²) in [6.45, 7) is 7.93. The van der Waals surface area contributed by atoms with Crippen LogP contribution in [-0.2, 0) is 9.53 Å². The van der Waals surface area contributed by atoms with Gasteiger partial charge >= 0.3 is 5.97 Å². The molecule has 0 spiro atoms. The quantitative estimate of drug-likeness (QED) is 0.109. The molecule has 0 N–H and O–H groups in total. The van der Waals surface area contributed by atoms with Crippen LogP contribution in [0.15, 0.2) is 23.9 Å². The molecule has 0 rings (SSSR count). The highest BCUT2D eigenvalue weighted by atomic mass is 16.5. The maximum Gasteiger partial charge on any atom is 0.348 e. The molecule has 0 radical (unpaired) electrons. The number of rotatable bonds is 16. The lowest BCUT2D eigenvalue weighted by atomic mass is 9.96. The predicted molar refractivity (Wildman–Crippen MR) is 113 cm³/mol. The van der Waals surface area contributed by atoms with Crippen molar-refractivity contribution >= 4 is 5.97 Å². The number of carbonyl (C=O) groups excluding carboxylic acids is 1. The summed E-state index contributed by atoms with van der Waals surface area (Å²) in [7, 11) is 1.99. The molecule has 0 aromatic heterocycles. The van der Waals surface area contributed by atoms with Gasteiger partial charge in [-0.05, 0) is 43.5 Å². The van der Waals surface area contributed by atoms with Crippen LogP contribution in [0.1, 0.15) is 85.0 Å². The molecule has 1 atom stereocenters.